The summed E-state index contributed by atoms with van der Waals surface area (Å²) in [4.78, 5) is 18.2. The van der Waals surface area contributed by atoms with Crippen molar-refractivity contribution in [3.05, 3.63) is 37.6 Å². The second-order valence-electron chi connectivity index (χ2n) is 3.25. The Bertz CT molecular complexity index is 626. The molecule has 0 radical (unpaired) electrons. The maximum absolute atomic E-state index is 13.8. The van der Waals surface area contributed by atoms with Gasteiger partial charge in [-0.25, -0.2) is 9.37 Å². The second kappa shape index (κ2) is 4.14. The highest BCUT2D eigenvalue weighted by Crippen LogP contribution is 2.29. The quantitative estimate of drug-likeness (QED) is 0.823. The number of nitrogens with zero attached hydrogens (tertiary/aromatic N) is 1. The van der Waals surface area contributed by atoms with Crippen LogP contribution in [0, 0.1) is 5.82 Å². The van der Waals surface area contributed by atoms with Gasteiger partial charge in [-0.2, -0.15) is 0 Å². The zero-order valence-corrected chi connectivity index (χ0v) is 10.6. The van der Waals surface area contributed by atoms with E-state index >= 15 is 0 Å². The number of hydrogen-bond donors (Lipinski definition) is 1. The van der Waals surface area contributed by atoms with Crippen molar-refractivity contribution in [3.63, 3.8) is 0 Å². The highest BCUT2D eigenvalue weighted by molar-refractivity contribution is 9.10. The lowest BCUT2D eigenvalue weighted by Gasteiger charge is -2.04. The second-order valence-corrected chi connectivity index (χ2v) is 4.45. The van der Waals surface area contributed by atoms with Crippen LogP contribution >= 0.6 is 27.5 Å². The molecule has 0 aliphatic heterocycles. The fourth-order valence-electron chi connectivity index (χ4n) is 1.40. The van der Waals surface area contributed by atoms with Crippen molar-refractivity contribution in [1.29, 1.82) is 0 Å². The Morgan fingerprint density at radius 1 is 1.62 bits per heavy atom. The van der Waals surface area contributed by atoms with Crippen LogP contribution in [-0.2, 0) is 6.42 Å². The number of H-pyrrole nitrogens is 1. The van der Waals surface area contributed by atoms with Crippen LogP contribution in [0.5, 0.6) is 0 Å². The van der Waals surface area contributed by atoms with E-state index in [0.717, 1.165) is 0 Å². The third-order valence-electron chi connectivity index (χ3n) is 2.22. The van der Waals surface area contributed by atoms with E-state index in [0.29, 0.717) is 12.2 Å². The summed E-state index contributed by atoms with van der Waals surface area (Å²) in [5, 5.41) is 0.310. The van der Waals surface area contributed by atoms with E-state index in [9.17, 15) is 9.18 Å². The maximum atomic E-state index is 13.8. The molecule has 3 nitrogen and oxygen atoms in total. The van der Waals surface area contributed by atoms with Gasteiger partial charge in [-0.15, -0.1) is 0 Å². The van der Waals surface area contributed by atoms with E-state index in [2.05, 4.69) is 25.9 Å². The molecule has 0 atom stereocenters. The lowest BCUT2D eigenvalue weighted by molar-refractivity contribution is 0.629. The maximum Gasteiger partial charge on any atom is 0.258 e. The van der Waals surface area contributed by atoms with Gasteiger partial charge in [0.1, 0.15) is 11.3 Å². The van der Waals surface area contributed by atoms with E-state index in [1.165, 1.54) is 6.07 Å². The summed E-state index contributed by atoms with van der Waals surface area (Å²) in [7, 11) is 0. The standard InChI is InChI=1S/C10H7BrClFN2O/c1-2-6-14-9-4(10(16)15-6)3-5(12)7(11)8(9)13/h3H,2H2,1H3,(H,14,15,16). The van der Waals surface area contributed by atoms with Gasteiger partial charge in [0.15, 0.2) is 5.82 Å². The van der Waals surface area contributed by atoms with Crippen LogP contribution in [0.1, 0.15) is 12.7 Å². The third kappa shape index (κ3) is 1.74. The molecule has 0 bridgehead atoms. The molecule has 1 heterocycles. The van der Waals surface area contributed by atoms with Crippen LogP contribution in [0.25, 0.3) is 10.9 Å². The first-order valence-corrected chi connectivity index (χ1v) is 5.78. The highest BCUT2D eigenvalue weighted by atomic mass is 79.9. The predicted molar refractivity (Wildman–Crippen MR) is 64.4 cm³/mol. The zero-order valence-electron chi connectivity index (χ0n) is 8.27. The number of rotatable bonds is 1. The summed E-state index contributed by atoms with van der Waals surface area (Å²) in [6, 6.07) is 1.40. The summed E-state index contributed by atoms with van der Waals surface area (Å²) in [6.45, 7) is 1.83. The number of fused-ring (bicyclic) bond motifs is 1. The SMILES string of the molecule is CCc1nc2c(F)c(Br)c(Cl)cc2c(=O)[nH]1. The van der Waals surface area contributed by atoms with Gasteiger partial charge in [0, 0.05) is 6.42 Å². The molecule has 84 valence electrons. The van der Waals surface area contributed by atoms with Crippen LogP contribution in [0.2, 0.25) is 5.02 Å². The molecule has 2 aromatic rings. The first kappa shape index (κ1) is 11.5. The van der Waals surface area contributed by atoms with Gasteiger partial charge in [0.2, 0.25) is 0 Å². The Labute approximate surface area is 104 Å². The molecular weight excluding hydrogens is 298 g/mol. The molecule has 0 saturated carbocycles. The molecule has 0 saturated heterocycles. The molecule has 6 heteroatoms. The van der Waals surface area contributed by atoms with E-state index in [1.54, 1.807) is 0 Å². The van der Waals surface area contributed by atoms with E-state index in [4.69, 9.17) is 11.6 Å². The van der Waals surface area contributed by atoms with Crippen LogP contribution in [0.15, 0.2) is 15.3 Å². The Kier molecular flexibility index (Phi) is 2.99. The molecule has 0 unspecified atom stereocenters. The highest BCUT2D eigenvalue weighted by Gasteiger charge is 2.14. The molecule has 0 amide bonds. The lowest BCUT2D eigenvalue weighted by atomic mass is 10.2. The van der Waals surface area contributed by atoms with Crippen LogP contribution in [0.3, 0.4) is 0 Å². The summed E-state index contributed by atoms with van der Waals surface area (Å²) in [5.74, 6) is -0.158. The van der Waals surface area contributed by atoms with Crippen molar-refractivity contribution in [2.24, 2.45) is 0 Å². The molecule has 0 aliphatic carbocycles. The molecule has 16 heavy (non-hydrogen) atoms. The van der Waals surface area contributed by atoms with Gasteiger partial charge in [0.25, 0.3) is 5.56 Å². The van der Waals surface area contributed by atoms with Gasteiger partial charge in [-0.05, 0) is 22.0 Å². The third-order valence-corrected chi connectivity index (χ3v) is 3.52. The van der Waals surface area contributed by atoms with Gasteiger partial charge in [0.05, 0.1) is 14.9 Å². The van der Waals surface area contributed by atoms with Crippen molar-refractivity contribution < 1.29 is 4.39 Å². The fraction of sp³-hybridized carbons (Fsp3) is 0.200. The Balaban J connectivity index is 2.96. The number of nitrogens with one attached hydrogen (secondary N) is 1. The van der Waals surface area contributed by atoms with Gasteiger partial charge >= 0.3 is 0 Å². The van der Waals surface area contributed by atoms with Crippen molar-refractivity contribution in [2.75, 3.05) is 0 Å². The molecule has 1 aromatic heterocycles. The fourth-order valence-corrected chi connectivity index (χ4v) is 1.89. The number of aromatic amines is 1. The summed E-state index contributed by atoms with van der Waals surface area (Å²) >= 11 is 8.78. The largest absolute Gasteiger partial charge is 0.310 e. The molecule has 0 spiro atoms. The first-order valence-electron chi connectivity index (χ1n) is 4.61. The van der Waals surface area contributed by atoms with E-state index < -0.39 is 5.82 Å². The number of aromatic nitrogens is 2. The molecule has 1 aromatic carbocycles. The normalized spacial score (nSPS) is 11.0. The molecular formula is C10H7BrClFN2O. The Hall–Kier alpha value is -0.940. The molecule has 1 N–H and O–H groups in total. The van der Waals surface area contributed by atoms with E-state index in [1.807, 2.05) is 6.92 Å². The van der Waals surface area contributed by atoms with Crippen molar-refractivity contribution in [1.82, 2.24) is 9.97 Å². The first-order chi connectivity index (χ1) is 7.54. The minimum Gasteiger partial charge on any atom is -0.310 e. The van der Waals surface area contributed by atoms with Crippen molar-refractivity contribution in [2.45, 2.75) is 13.3 Å². The van der Waals surface area contributed by atoms with Crippen molar-refractivity contribution in [3.8, 4) is 0 Å². The van der Waals surface area contributed by atoms with Crippen LogP contribution in [-0.4, -0.2) is 9.97 Å². The lowest BCUT2D eigenvalue weighted by Crippen LogP contribution is -2.12. The minimum absolute atomic E-state index is 0.0388. The monoisotopic (exact) mass is 304 g/mol. The van der Waals surface area contributed by atoms with Gasteiger partial charge in [-0.3, -0.25) is 4.79 Å². The molecule has 0 fully saturated rings. The van der Waals surface area contributed by atoms with E-state index in [-0.39, 0.29) is 26.0 Å². The Morgan fingerprint density at radius 3 is 2.94 bits per heavy atom. The average molecular weight is 306 g/mol. The minimum atomic E-state index is -0.608. The average Bonchev–Trinajstić information content (AvgIpc) is 2.27. The smallest absolute Gasteiger partial charge is 0.258 e. The summed E-state index contributed by atoms with van der Waals surface area (Å²) in [5.41, 5.74) is -0.341. The number of benzene rings is 1. The van der Waals surface area contributed by atoms with Gasteiger partial charge < -0.3 is 4.98 Å². The summed E-state index contributed by atoms with van der Waals surface area (Å²) in [6.07, 6.45) is 0.533. The Morgan fingerprint density at radius 2 is 2.31 bits per heavy atom. The zero-order chi connectivity index (χ0) is 11.9. The summed E-state index contributed by atoms with van der Waals surface area (Å²) < 4.78 is 13.9. The number of aryl methyl sites for hydroxylation is 1. The van der Waals surface area contributed by atoms with Crippen molar-refractivity contribution >= 4 is 38.4 Å². The van der Waals surface area contributed by atoms with Gasteiger partial charge in [-0.1, -0.05) is 18.5 Å². The predicted octanol–water partition coefficient (Wildman–Crippen LogP) is 3.04. The number of hydrogen-bond acceptors (Lipinski definition) is 2. The topological polar surface area (TPSA) is 45.8 Å². The van der Waals surface area contributed by atoms with Crippen LogP contribution in [0.4, 0.5) is 4.39 Å². The molecule has 0 aliphatic rings. The molecule has 2 rings (SSSR count). The van der Waals surface area contributed by atoms with Crippen LogP contribution < -0.4 is 5.56 Å². The number of halogens is 3.